The predicted molar refractivity (Wildman–Crippen MR) is 62.8 cm³/mol. The number of thioether (sulfide) groups is 1. The summed E-state index contributed by atoms with van der Waals surface area (Å²) in [7, 11) is 0. The molecule has 0 radical (unpaired) electrons. The highest BCUT2D eigenvalue weighted by atomic mass is 32.2. The van der Waals surface area contributed by atoms with Crippen LogP contribution in [0.2, 0.25) is 0 Å². The van der Waals surface area contributed by atoms with Crippen molar-refractivity contribution in [3.8, 4) is 0 Å². The largest absolute Gasteiger partial charge is 0.339 e. The first-order chi connectivity index (χ1) is 7.22. The molecule has 3 heteroatoms. The number of nitrogens with zero attached hydrogens (tertiary/aromatic N) is 1. The zero-order valence-corrected chi connectivity index (χ0v) is 10.3. The Hall–Kier alpha value is -0.180. The van der Waals surface area contributed by atoms with E-state index in [1.807, 2.05) is 0 Å². The molecule has 15 heavy (non-hydrogen) atoms. The van der Waals surface area contributed by atoms with Crippen LogP contribution in [0, 0.1) is 11.8 Å². The Morgan fingerprint density at radius 1 is 1.47 bits per heavy atom. The number of carbonyl (C=O) groups excluding carboxylic acids is 1. The van der Waals surface area contributed by atoms with Crippen molar-refractivity contribution in [3.05, 3.63) is 0 Å². The third kappa shape index (κ3) is 1.28. The quantitative estimate of drug-likeness (QED) is 0.717. The van der Waals surface area contributed by atoms with Crippen LogP contribution in [0.15, 0.2) is 0 Å². The van der Waals surface area contributed by atoms with Gasteiger partial charge in [0.2, 0.25) is 5.91 Å². The van der Waals surface area contributed by atoms with Gasteiger partial charge in [0.15, 0.2) is 0 Å². The number of amides is 1. The summed E-state index contributed by atoms with van der Waals surface area (Å²) in [6.07, 6.45) is 3.74. The molecule has 0 spiro atoms. The van der Waals surface area contributed by atoms with Gasteiger partial charge in [-0.2, -0.15) is 11.8 Å². The summed E-state index contributed by atoms with van der Waals surface area (Å²) in [5, 5.41) is 1.47. The molecule has 0 aromatic heterocycles. The molecule has 2 nitrogen and oxygen atoms in total. The van der Waals surface area contributed by atoms with E-state index in [1.54, 1.807) is 0 Å². The maximum Gasteiger partial charge on any atom is 0.227 e. The first kappa shape index (κ1) is 10.0. The molecule has 0 aliphatic carbocycles. The van der Waals surface area contributed by atoms with Gasteiger partial charge in [-0.25, -0.2) is 0 Å². The van der Waals surface area contributed by atoms with Crippen molar-refractivity contribution < 1.29 is 4.79 Å². The van der Waals surface area contributed by atoms with Gasteiger partial charge in [0.25, 0.3) is 0 Å². The third-order valence-electron chi connectivity index (χ3n) is 4.52. The Bertz CT molecular complexity index is 293. The van der Waals surface area contributed by atoms with Gasteiger partial charge < -0.3 is 4.90 Å². The fraction of sp³-hybridized carbons (Fsp3) is 0.917. The highest BCUT2D eigenvalue weighted by Gasteiger charge is 2.57. The van der Waals surface area contributed by atoms with Crippen molar-refractivity contribution in [1.82, 2.24) is 4.90 Å². The van der Waals surface area contributed by atoms with Gasteiger partial charge in [0.05, 0.1) is 5.92 Å². The smallest absolute Gasteiger partial charge is 0.227 e. The van der Waals surface area contributed by atoms with E-state index in [0.29, 0.717) is 29.0 Å². The summed E-state index contributed by atoms with van der Waals surface area (Å²) >= 11 is 2.10. The Kier molecular flexibility index (Phi) is 2.27. The molecule has 84 valence electrons. The van der Waals surface area contributed by atoms with Gasteiger partial charge in [-0.1, -0.05) is 6.92 Å². The molecule has 3 aliphatic heterocycles. The first-order valence-corrected chi connectivity index (χ1v) is 7.12. The summed E-state index contributed by atoms with van der Waals surface area (Å²) in [4.78, 5) is 14.4. The zero-order valence-electron chi connectivity index (χ0n) is 9.48. The molecule has 1 amide bonds. The van der Waals surface area contributed by atoms with E-state index in [0.717, 1.165) is 18.2 Å². The average Bonchev–Trinajstić information content (AvgIpc) is 2.89. The fourth-order valence-electron chi connectivity index (χ4n) is 3.47. The number of fused-ring (bicyclic) bond motifs is 5. The van der Waals surface area contributed by atoms with Crippen LogP contribution in [0.5, 0.6) is 0 Å². The van der Waals surface area contributed by atoms with Crippen LogP contribution in [-0.2, 0) is 4.79 Å². The summed E-state index contributed by atoms with van der Waals surface area (Å²) < 4.78 is 0. The van der Waals surface area contributed by atoms with E-state index in [9.17, 15) is 4.79 Å². The molecule has 3 heterocycles. The number of carbonyl (C=O) groups is 1. The second kappa shape index (κ2) is 3.41. The molecule has 0 aromatic carbocycles. The van der Waals surface area contributed by atoms with Crippen molar-refractivity contribution in [2.24, 2.45) is 11.8 Å². The van der Waals surface area contributed by atoms with E-state index < -0.39 is 0 Å². The number of likely N-dealkylation sites (tertiary alicyclic amines) is 1. The maximum absolute atomic E-state index is 12.3. The monoisotopic (exact) mass is 225 g/mol. The number of rotatable bonds is 2. The van der Waals surface area contributed by atoms with Crippen molar-refractivity contribution in [2.75, 3.05) is 6.54 Å². The molecule has 3 aliphatic rings. The Morgan fingerprint density at radius 3 is 2.87 bits per heavy atom. The Labute approximate surface area is 95.8 Å². The lowest BCUT2D eigenvalue weighted by Gasteiger charge is -2.25. The molecule has 2 bridgehead atoms. The minimum Gasteiger partial charge on any atom is -0.339 e. The Balaban J connectivity index is 1.81. The van der Waals surface area contributed by atoms with E-state index in [1.165, 1.54) is 12.8 Å². The van der Waals surface area contributed by atoms with Crippen molar-refractivity contribution in [3.63, 3.8) is 0 Å². The van der Waals surface area contributed by atoms with Gasteiger partial charge >= 0.3 is 0 Å². The van der Waals surface area contributed by atoms with Crippen LogP contribution in [0.1, 0.15) is 33.1 Å². The lowest BCUT2D eigenvalue weighted by Crippen LogP contribution is -2.36. The van der Waals surface area contributed by atoms with Gasteiger partial charge in [0.1, 0.15) is 0 Å². The Morgan fingerprint density at radius 2 is 2.20 bits per heavy atom. The van der Waals surface area contributed by atoms with Crippen LogP contribution in [0.25, 0.3) is 0 Å². The highest BCUT2D eigenvalue weighted by molar-refractivity contribution is 8.01. The van der Waals surface area contributed by atoms with Crippen LogP contribution in [-0.4, -0.2) is 33.9 Å². The van der Waals surface area contributed by atoms with Crippen LogP contribution in [0.4, 0.5) is 0 Å². The van der Waals surface area contributed by atoms with E-state index in [2.05, 4.69) is 30.5 Å². The summed E-state index contributed by atoms with van der Waals surface area (Å²) in [5.74, 6) is 1.55. The molecule has 0 saturated carbocycles. The standard InChI is InChI=1S/C12H19NOS/c1-3-7(2)13-6-8-9-4-5-10(15-9)11(8)12(13)14/h7-11H,3-6H2,1-2H3. The summed E-state index contributed by atoms with van der Waals surface area (Å²) in [5.41, 5.74) is 0. The topological polar surface area (TPSA) is 20.3 Å². The minimum absolute atomic E-state index is 0.391. The van der Waals surface area contributed by atoms with Crippen molar-refractivity contribution >= 4 is 17.7 Å². The zero-order chi connectivity index (χ0) is 10.6. The van der Waals surface area contributed by atoms with Gasteiger partial charge in [-0.05, 0) is 26.2 Å². The SMILES string of the molecule is CCC(C)N1CC2C3CCC(S3)C2C1=O. The third-order valence-corrected chi connectivity index (χ3v) is 6.34. The lowest BCUT2D eigenvalue weighted by atomic mass is 9.81. The average molecular weight is 225 g/mol. The second-order valence-electron chi connectivity index (χ2n) is 5.23. The first-order valence-electron chi connectivity index (χ1n) is 6.18. The minimum atomic E-state index is 0.391. The highest BCUT2D eigenvalue weighted by Crippen LogP contribution is 2.56. The summed E-state index contributed by atoms with van der Waals surface area (Å²) in [6, 6.07) is 0.451. The van der Waals surface area contributed by atoms with Crippen LogP contribution >= 0.6 is 11.8 Å². The molecule has 0 aromatic rings. The molecule has 3 fully saturated rings. The van der Waals surface area contributed by atoms with Crippen LogP contribution < -0.4 is 0 Å². The predicted octanol–water partition coefficient (Wildman–Crippen LogP) is 2.14. The normalized spacial score (nSPS) is 44.9. The summed E-state index contributed by atoms with van der Waals surface area (Å²) in [6.45, 7) is 5.41. The van der Waals surface area contributed by atoms with Gasteiger partial charge in [0, 0.05) is 29.0 Å². The molecule has 5 atom stereocenters. The fourth-order valence-corrected chi connectivity index (χ4v) is 5.41. The molecule has 5 unspecified atom stereocenters. The molecule has 3 saturated heterocycles. The van der Waals surface area contributed by atoms with E-state index in [4.69, 9.17) is 0 Å². The molecule has 0 N–H and O–H groups in total. The van der Waals surface area contributed by atoms with E-state index >= 15 is 0 Å². The van der Waals surface area contributed by atoms with Crippen molar-refractivity contribution in [2.45, 2.75) is 49.7 Å². The van der Waals surface area contributed by atoms with E-state index in [-0.39, 0.29) is 0 Å². The lowest BCUT2D eigenvalue weighted by molar-refractivity contribution is -0.132. The van der Waals surface area contributed by atoms with Crippen molar-refractivity contribution in [1.29, 1.82) is 0 Å². The van der Waals surface area contributed by atoms with Gasteiger partial charge in [-0.15, -0.1) is 0 Å². The maximum atomic E-state index is 12.3. The second-order valence-corrected chi connectivity index (χ2v) is 6.71. The molecular formula is C12H19NOS. The molecule has 3 rings (SSSR count). The van der Waals surface area contributed by atoms with Crippen LogP contribution in [0.3, 0.4) is 0 Å². The van der Waals surface area contributed by atoms with Gasteiger partial charge in [-0.3, -0.25) is 4.79 Å². The number of hydrogen-bond acceptors (Lipinski definition) is 2. The number of hydrogen-bond donors (Lipinski definition) is 0. The molecular weight excluding hydrogens is 206 g/mol.